The van der Waals surface area contributed by atoms with Gasteiger partial charge in [0.05, 0.1) is 17.8 Å². The first-order valence-corrected chi connectivity index (χ1v) is 6.51. The molecule has 1 N–H and O–H groups in total. The summed E-state index contributed by atoms with van der Waals surface area (Å²) in [5.41, 5.74) is 3.73. The van der Waals surface area contributed by atoms with Crippen LogP contribution in [-0.4, -0.2) is 11.2 Å². The molecule has 15 heavy (non-hydrogen) atoms. The molecule has 0 radical (unpaired) electrons. The van der Waals surface area contributed by atoms with Crippen molar-refractivity contribution in [2.45, 2.75) is 5.88 Å². The number of aromatic nitrogens is 1. The Morgan fingerprint density at radius 1 is 1.53 bits per heavy atom. The SMILES string of the molecule is ClCc1csc(N/N=C\c2cccs2)n1. The minimum atomic E-state index is 0.437. The monoisotopic (exact) mass is 257 g/mol. The van der Waals surface area contributed by atoms with Crippen LogP contribution in [0.4, 0.5) is 5.13 Å². The molecule has 0 spiro atoms. The normalized spacial score (nSPS) is 11.0. The van der Waals surface area contributed by atoms with E-state index in [0.717, 1.165) is 15.7 Å². The minimum Gasteiger partial charge on any atom is -0.253 e. The third kappa shape index (κ3) is 3.02. The van der Waals surface area contributed by atoms with Gasteiger partial charge in [0.2, 0.25) is 5.13 Å². The van der Waals surface area contributed by atoms with Crippen molar-refractivity contribution < 1.29 is 0 Å². The predicted octanol–water partition coefficient (Wildman–Crippen LogP) is 3.39. The molecule has 3 nitrogen and oxygen atoms in total. The molecule has 0 aromatic carbocycles. The minimum absolute atomic E-state index is 0.437. The lowest BCUT2D eigenvalue weighted by molar-refractivity contribution is 1.20. The van der Waals surface area contributed by atoms with Crippen LogP contribution >= 0.6 is 34.3 Å². The first-order chi connectivity index (χ1) is 7.38. The van der Waals surface area contributed by atoms with E-state index >= 15 is 0 Å². The third-order valence-electron chi connectivity index (χ3n) is 1.58. The molecule has 0 amide bonds. The van der Waals surface area contributed by atoms with Crippen LogP contribution in [0, 0.1) is 0 Å². The van der Waals surface area contributed by atoms with E-state index < -0.39 is 0 Å². The second kappa shape index (κ2) is 5.25. The fraction of sp³-hybridized carbons (Fsp3) is 0.111. The van der Waals surface area contributed by atoms with Crippen molar-refractivity contribution >= 4 is 45.6 Å². The van der Waals surface area contributed by atoms with E-state index in [0.29, 0.717) is 5.88 Å². The number of rotatable bonds is 4. The molecule has 6 heteroatoms. The molecule has 0 saturated carbocycles. The van der Waals surface area contributed by atoms with E-state index in [9.17, 15) is 0 Å². The highest BCUT2D eigenvalue weighted by molar-refractivity contribution is 7.13. The summed E-state index contributed by atoms with van der Waals surface area (Å²) in [4.78, 5) is 5.32. The quantitative estimate of drug-likeness (QED) is 0.518. The maximum Gasteiger partial charge on any atom is 0.203 e. The second-order valence-corrected chi connectivity index (χ2v) is 4.77. The van der Waals surface area contributed by atoms with Gasteiger partial charge in [0, 0.05) is 10.3 Å². The first-order valence-electron chi connectivity index (χ1n) is 4.21. The van der Waals surface area contributed by atoms with Crippen molar-refractivity contribution in [2.75, 3.05) is 5.43 Å². The lowest BCUT2D eigenvalue weighted by atomic mass is 10.5. The fourth-order valence-corrected chi connectivity index (χ4v) is 2.41. The molecule has 2 aromatic heterocycles. The van der Waals surface area contributed by atoms with Crippen LogP contribution in [0.1, 0.15) is 10.6 Å². The molecule has 2 heterocycles. The van der Waals surface area contributed by atoms with Gasteiger partial charge in [-0.3, -0.25) is 5.43 Å². The number of hydrogen-bond donors (Lipinski definition) is 1. The average molecular weight is 258 g/mol. The topological polar surface area (TPSA) is 37.3 Å². The van der Waals surface area contributed by atoms with Crippen molar-refractivity contribution in [3.63, 3.8) is 0 Å². The van der Waals surface area contributed by atoms with Gasteiger partial charge < -0.3 is 0 Å². The molecule has 0 saturated heterocycles. The van der Waals surface area contributed by atoms with Gasteiger partial charge >= 0.3 is 0 Å². The third-order valence-corrected chi connectivity index (χ3v) is 3.46. The van der Waals surface area contributed by atoms with Gasteiger partial charge in [-0.25, -0.2) is 4.98 Å². The summed E-state index contributed by atoms with van der Waals surface area (Å²) >= 11 is 8.77. The zero-order chi connectivity index (χ0) is 10.5. The second-order valence-electron chi connectivity index (χ2n) is 2.66. The fourth-order valence-electron chi connectivity index (χ4n) is 0.936. The molecule has 0 fully saturated rings. The maximum atomic E-state index is 5.64. The molecular formula is C9H8ClN3S2. The van der Waals surface area contributed by atoms with E-state index in [1.807, 2.05) is 22.9 Å². The van der Waals surface area contributed by atoms with E-state index in [1.54, 1.807) is 17.6 Å². The van der Waals surface area contributed by atoms with Gasteiger partial charge in [-0.2, -0.15) is 5.10 Å². The Bertz CT molecular complexity index is 436. The van der Waals surface area contributed by atoms with Gasteiger partial charge in [-0.1, -0.05) is 6.07 Å². The molecule has 0 aliphatic rings. The Labute approximate surface area is 100 Å². The highest BCUT2D eigenvalue weighted by atomic mass is 35.5. The number of nitrogens with zero attached hydrogens (tertiary/aromatic N) is 2. The van der Waals surface area contributed by atoms with Gasteiger partial charge in [0.1, 0.15) is 0 Å². The summed E-state index contributed by atoms with van der Waals surface area (Å²) in [5.74, 6) is 0.437. The Balaban J connectivity index is 1.93. The molecule has 0 atom stereocenters. The number of alkyl halides is 1. The van der Waals surface area contributed by atoms with Crippen LogP contribution in [0.25, 0.3) is 0 Å². The maximum absolute atomic E-state index is 5.64. The number of thiophene rings is 1. The average Bonchev–Trinajstić information content (AvgIpc) is 2.88. The van der Waals surface area contributed by atoms with Crippen LogP contribution in [-0.2, 0) is 5.88 Å². The highest BCUT2D eigenvalue weighted by Gasteiger charge is 1.98. The number of nitrogens with one attached hydrogen (secondary N) is 1. The molecule has 2 aromatic rings. The highest BCUT2D eigenvalue weighted by Crippen LogP contribution is 2.16. The summed E-state index contributed by atoms with van der Waals surface area (Å²) in [5, 5.41) is 8.76. The summed E-state index contributed by atoms with van der Waals surface area (Å²) in [6.45, 7) is 0. The van der Waals surface area contributed by atoms with Crippen molar-refractivity contribution in [1.29, 1.82) is 0 Å². The number of thiazole rings is 1. The van der Waals surface area contributed by atoms with Crippen molar-refractivity contribution in [2.24, 2.45) is 5.10 Å². The number of halogens is 1. The number of anilines is 1. The Hall–Kier alpha value is -0.910. The van der Waals surface area contributed by atoms with E-state index in [-0.39, 0.29) is 0 Å². The molecule has 78 valence electrons. The van der Waals surface area contributed by atoms with Crippen LogP contribution in [0.15, 0.2) is 28.0 Å². The summed E-state index contributed by atoms with van der Waals surface area (Å²) in [7, 11) is 0. The van der Waals surface area contributed by atoms with Crippen LogP contribution in [0.3, 0.4) is 0 Å². The molecule has 0 aliphatic carbocycles. The van der Waals surface area contributed by atoms with Gasteiger partial charge in [0.25, 0.3) is 0 Å². The van der Waals surface area contributed by atoms with Crippen molar-refractivity contribution in [3.05, 3.63) is 33.5 Å². The number of hydrazone groups is 1. The van der Waals surface area contributed by atoms with E-state index in [1.165, 1.54) is 11.3 Å². The van der Waals surface area contributed by atoms with Gasteiger partial charge in [-0.15, -0.1) is 34.3 Å². The summed E-state index contributed by atoms with van der Waals surface area (Å²) < 4.78 is 0. The molecule has 0 unspecified atom stereocenters. The Kier molecular flexibility index (Phi) is 3.71. The lowest BCUT2D eigenvalue weighted by Gasteiger charge is -1.91. The van der Waals surface area contributed by atoms with Crippen LogP contribution < -0.4 is 5.43 Å². The van der Waals surface area contributed by atoms with Crippen LogP contribution in [0.5, 0.6) is 0 Å². The smallest absolute Gasteiger partial charge is 0.203 e. The Morgan fingerprint density at radius 2 is 2.47 bits per heavy atom. The summed E-state index contributed by atoms with van der Waals surface area (Å²) in [6, 6.07) is 3.99. The first kappa shape index (κ1) is 10.6. The molecule has 0 bridgehead atoms. The van der Waals surface area contributed by atoms with E-state index in [4.69, 9.17) is 11.6 Å². The standard InChI is InChI=1S/C9H8ClN3S2/c10-4-7-6-15-9(12-7)13-11-5-8-2-1-3-14-8/h1-3,5-6H,4H2,(H,12,13)/b11-5-. The largest absolute Gasteiger partial charge is 0.253 e. The number of hydrogen-bond acceptors (Lipinski definition) is 5. The Morgan fingerprint density at radius 3 is 3.13 bits per heavy atom. The molecule has 2 rings (SSSR count). The van der Waals surface area contributed by atoms with Crippen LogP contribution in [0.2, 0.25) is 0 Å². The predicted molar refractivity (Wildman–Crippen MR) is 67.2 cm³/mol. The van der Waals surface area contributed by atoms with Gasteiger partial charge in [-0.05, 0) is 11.4 Å². The lowest BCUT2D eigenvalue weighted by Crippen LogP contribution is -1.88. The zero-order valence-electron chi connectivity index (χ0n) is 7.68. The van der Waals surface area contributed by atoms with E-state index in [2.05, 4.69) is 15.5 Å². The molecule has 0 aliphatic heterocycles. The summed E-state index contributed by atoms with van der Waals surface area (Å²) in [6.07, 6.45) is 1.77. The molecular weight excluding hydrogens is 250 g/mol. The zero-order valence-corrected chi connectivity index (χ0v) is 10.1. The van der Waals surface area contributed by atoms with Crippen molar-refractivity contribution in [3.8, 4) is 0 Å². The van der Waals surface area contributed by atoms with Gasteiger partial charge in [0.15, 0.2) is 0 Å². The van der Waals surface area contributed by atoms with Crippen molar-refractivity contribution in [1.82, 2.24) is 4.98 Å².